The van der Waals surface area contributed by atoms with Crippen molar-refractivity contribution in [2.24, 2.45) is 7.05 Å². The first kappa shape index (κ1) is 17.2. The molecule has 1 aromatic rings. The summed E-state index contributed by atoms with van der Waals surface area (Å²) >= 11 is 0. The molecule has 7 heteroatoms. The van der Waals surface area contributed by atoms with E-state index in [4.69, 9.17) is 0 Å². The zero-order valence-electron chi connectivity index (χ0n) is 13.2. The highest BCUT2D eigenvalue weighted by Crippen LogP contribution is 2.20. The number of amides is 1. The Morgan fingerprint density at radius 3 is 2.77 bits per heavy atom. The molecule has 2 aliphatic heterocycles. The smallest absolute Gasteiger partial charge is 0.239 e. The highest BCUT2D eigenvalue weighted by atomic mass is 35.5. The van der Waals surface area contributed by atoms with Crippen molar-refractivity contribution in [2.45, 2.75) is 31.7 Å². The van der Waals surface area contributed by atoms with Gasteiger partial charge in [-0.2, -0.15) is 5.10 Å². The average molecular weight is 328 g/mol. The second-order valence-corrected chi connectivity index (χ2v) is 6.20. The maximum Gasteiger partial charge on any atom is 0.239 e. The quantitative estimate of drug-likeness (QED) is 0.907. The Labute approximate surface area is 138 Å². The first-order valence-electron chi connectivity index (χ1n) is 7.96. The molecule has 2 fully saturated rings. The topological polar surface area (TPSA) is 53.4 Å². The predicted octanol–water partition coefficient (Wildman–Crippen LogP) is 1.34. The van der Waals surface area contributed by atoms with Gasteiger partial charge in [0.1, 0.15) is 0 Å². The highest BCUT2D eigenvalue weighted by molar-refractivity contribution is 5.91. The van der Waals surface area contributed by atoms with Crippen molar-refractivity contribution in [3.05, 3.63) is 12.3 Å². The lowest BCUT2D eigenvalue weighted by Crippen LogP contribution is -2.48. The molecule has 1 aromatic heterocycles. The fourth-order valence-electron chi connectivity index (χ4n) is 3.45. The van der Waals surface area contributed by atoms with E-state index in [1.165, 1.54) is 38.8 Å². The van der Waals surface area contributed by atoms with Crippen molar-refractivity contribution in [3.8, 4) is 0 Å². The molecule has 1 amide bonds. The molecule has 0 saturated carbocycles. The van der Waals surface area contributed by atoms with Crippen LogP contribution in [-0.2, 0) is 11.8 Å². The zero-order chi connectivity index (χ0) is 14.7. The monoisotopic (exact) mass is 327 g/mol. The van der Waals surface area contributed by atoms with E-state index in [0.29, 0.717) is 18.4 Å². The number of aryl methyl sites for hydroxylation is 1. The van der Waals surface area contributed by atoms with Crippen molar-refractivity contribution >= 4 is 24.1 Å². The molecule has 2 aliphatic rings. The second kappa shape index (κ2) is 7.94. The molecule has 22 heavy (non-hydrogen) atoms. The number of anilines is 1. The summed E-state index contributed by atoms with van der Waals surface area (Å²) < 4.78 is 1.69. The zero-order valence-corrected chi connectivity index (χ0v) is 14.0. The first-order chi connectivity index (χ1) is 10.2. The number of carbonyl (C=O) groups is 1. The van der Waals surface area contributed by atoms with Gasteiger partial charge in [0.05, 0.1) is 6.54 Å². The summed E-state index contributed by atoms with van der Waals surface area (Å²) in [7, 11) is 1.85. The van der Waals surface area contributed by atoms with Crippen molar-refractivity contribution in [2.75, 3.05) is 38.0 Å². The molecule has 124 valence electrons. The SMILES string of the molecule is Cl.Cn1ccc(NC(=O)CN2CCCC(N3CCCC3)C2)n1. The fraction of sp³-hybridized carbons (Fsp3) is 0.733. The van der Waals surface area contributed by atoms with Crippen LogP contribution in [0.25, 0.3) is 0 Å². The van der Waals surface area contributed by atoms with E-state index in [1.54, 1.807) is 4.68 Å². The molecule has 1 unspecified atom stereocenters. The third kappa shape index (κ3) is 4.44. The number of hydrogen-bond acceptors (Lipinski definition) is 4. The minimum Gasteiger partial charge on any atom is -0.308 e. The summed E-state index contributed by atoms with van der Waals surface area (Å²) in [5, 5.41) is 7.05. The van der Waals surface area contributed by atoms with Crippen molar-refractivity contribution in [3.63, 3.8) is 0 Å². The maximum absolute atomic E-state index is 12.1. The van der Waals surface area contributed by atoms with Crippen LogP contribution >= 0.6 is 12.4 Å². The summed E-state index contributed by atoms with van der Waals surface area (Å²) in [6, 6.07) is 2.46. The molecule has 0 aliphatic carbocycles. The van der Waals surface area contributed by atoms with Crippen LogP contribution in [-0.4, -0.2) is 64.3 Å². The number of halogens is 1. The van der Waals surface area contributed by atoms with Crippen molar-refractivity contribution in [1.82, 2.24) is 19.6 Å². The van der Waals surface area contributed by atoms with E-state index in [9.17, 15) is 4.79 Å². The van der Waals surface area contributed by atoms with Crippen LogP contribution < -0.4 is 5.32 Å². The number of likely N-dealkylation sites (tertiary alicyclic amines) is 2. The lowest BCUT2D eigenvalue weighted by molar-refractivity contribution is -0.117. The van der Waals surface area contributed by atoms with Crippen molar-refractivity contribution < 1.29 is 4.79 Å². The highest BCUT2D eigenvalue weighted by Gasteiger charge is 2.27. The number of nitrogens with zero attached hydrogens (tertiary/aromatic N) is 4. The van der Waals surface area contributed by atoms with E-state index in [-0.39, 0.29) is 18.3 Å². The third-order valence-electron chi connectivity index (χ3n) is 4.49. The second-order valence-electron chi connectivity index (χ2n) is 6.20. The van der Waals surface area contributed by atoms with Gasteiger partial charge in [-0.25, -0.2) is 0 Å². The van der Waals surface area contributed by atoms with E-state index >= 15 is 0 Å². The molecular formula is C15H26ClN5O. The van der Waals surface area contributed by atoms with Gasteiger partial charge in [-0.3, -0.25) is 19.3 Å². The molecule has 2 saturated heterocycles. The summed E-state index contributed by atoms with van der Waals surface area (Å²) in [5.74, 6) is 0.673. The van der Waals surface area contributed by atoms with E-state index < -0.39 is 0 Å². The van der Waals surface area contributed by atoms with Gasteiger partial charge in [-0.15, -0.1) is 12.4 Å². The lowest BCUT2D eigenvalue weighted by Gasteiger charge is -2.37. The predicted molar refractivity (Wildman–Crippen MR) is 89.4 cm³/mol. The van der Waals surface area contributed by atoms with Crippen molar-refractivity contribution in [1.29, 1.82) is 0 Å². The standard InChI is InChI=1S/C15H25N5O.ClH/c1-18-10-6-14(17-18)16-15(21)12-19-7-4-5-13(11-19)20-8-2-3-9-20;/h6,10,13H,2-5,7-9,11-12H2,1H3,(H,16,17,21);1H. The maximum atomic E-state index is 12.1. The summed E-state index contributed by atoms with van der Waals surface area (Å²) in [6.07, 6.45) is 6.96. The van der Waals surface area contributed by atoms with E-state index in [2.05, 4.69) is 20.2 Å². The Morgan fingerprint density at radius 2 is 2.09 bits per heavy atom. The number of piperidine rings is 1. The number of carbonyl (C=O) groups excluding carboxylic acids is 1. The Balaban J connectivity index is 0.00000176. The summed E-state index contributed by atoms with van der Waals surface area (Å²) in [6.45, 7) is 4.99. The van der Waals surface area contributed by atoms with E-state index in [0.717, 1.165) is 13.1 Å². The van der Waals surface area contributed by atoms with Crippen LogP contribution in [0.3, 0.4) is 0 Å². The van der Waals surface area contributed by atoms with Crippen LogP contribution in [0.1, 0.15) is 25.7 Å². The molecule has 1 N–H and O–H groups in total. The van der Waals surface area contributed by atoms with Crippen LogP contribution in [0.5, 0.6) is 0 Å². The van der Waals surface area contributed by atoms with Gasteiger partial charge in [0.25, 0.3) is 0 Å². The summed E-state index contributed by atoms with van der Waals surface area (Å²) in [5.41, 5.74) is 0. The number of rotatable bonds is 4. The van der Waals surface area contributed by atoms with Crippen LogP contribution in [0.2, 0.25) is 0 Å². The van der Waals surface area contributed by atoms with Gasteiger partial charge in [0.15, 0.2) is 5.82 Å². The molecule has 3 heterocycles. The van der Waals surface area contributed by atoms with Gasteiger partial charge in [-0.1, -0.05) is 0 Å². The molecule has 1 atom stereocenters. The van der Waals surface area contributed by atoms with Gasteiger partial charge >= 0.3 is 0 Å². The molecule has 0 aromatic carbocycles. The molecular weight excluding hydrogens is 302 g/mol. The van der Waals surface area contributed by atoms with Gasteiger partial charge in [0, 0.05) is 31.9 Å². The molecule has 6 nitrogen and oxygen atoms in total. The van der Waals surface area contributed by atoms with Gasteiger partial charge in [-0.05, 0) is 45.3 Å². The minimum absolute atomic E-state index is 0. The van der Waals surface area contributed by atoms with Crippen LogP contribution in [0.15, 0.2) is 12.3 Å². The van der Waals surface area contributed by atoms with Gasteiger partial charge < -0.3 is 5.32 Å². The Kier molecular flexibility index (Phi) is 6.23. The molecule has 0 spiro atoms. The minimum atomic E-state index is 0. The Hall–Kier alpha value is -1.11. The molecule has 0 bridgehead atoms. The van der Waals surface area contributed by atoms with Crippen LogP contribution in [0, 0.1) is 0 Å². The number of aromatic nitrogens is 2. The average Bonchev–Trinajstić information content (AvgIpc) is 3.11. The third-order valence-corrected chi connectivity index (χ3v) is 4.49. The molecule has 3 rings (SSSR count). The van der Waals surface area contributed by atoms with Gasteiger partial charge in [0.2, 0.25) is 5.91 Å². The van der Waals surface area contributed by atoms with E-state index in [1.807, 2.05) is 19.3 Å². The lowest BCUT2D eigenvalue weighted by atomic mass is 10.0. The molecule has 0 radical (unpaired) electrons. The Morgan fingerprint density at radius 1 is 1.32 bits per heavy atom. The first-order valence-corrected chi connectivity index (χ1v) is 7.96. The normalized spacial score (nSPS) is 23.2. The summed E-state index contributed by atoms with van der Waals surface area (Å²) in [4.78, 5) is 17.0. The fourth-order valence-corrected chi connectivity index (χ4v) is 3.45. The Bertz CT molecular complexity index is 486. The largest absolute Gasteiger partial charge is 0.308 e. The number of nitrogens with one attached hydrogen (secondary N) is 1. The number of hydrogen-bond donors (Lipinski definition) is 1. The van der Waals surface area contributed by atoms with Crippen LogP contribution in [0.4, 0.5) is 5.82 Å².